The fourth-order valence-electron chi connectivity index (χ4n) is 0.919. The Bertz CT molecular complexity index is 395. The van der Waals surface area contributed by atoms with Gasteiger partial charge in [-0.25, -0.2) is 4.79 Å². The van der Waals surface area contributed by atoms with E-state index in [0.29, 0.717) is 17.0 Å². The first-order valence-electron chi connectivity index (χ1n) is 3.94. The second-order valence-corrected chi connectivity index (χ2v) is 3.54. The quantitative estimate of drug-likeness (QED) is 0.632. The van der Waals surface area contributed by atoms with Gasteiger partial charge in [0.05, 0.1) is 10.0 Å². The number of carbonyl (C=O) groups is 2. The fraction of sp³-hybridized carbons (Fsp3) is 0.111. The van der Waals surface area contributed by atoms with Crippen LogP contribution in [0.5, 0.6) is 0 Å². The lowest BCUT2D eigenvalue weighted by atomic mass is 10.2. The van der Waals surface area contributed by atoms with E-state index in [1.165, 1.54) is 18.2 Å². The lowest BCUT2D eigenvalue weighted by Crippen LogP contribution is -2.30. The topological polar surface area (TPSA) is 66.4 Å². The van der Waals surface area contributed by atoms with Crippen LogP contribution in [0.15, 0.2) is 18.2 Å². The summed E-state index contributed by atoms with van der Waals surface area (Å²) < 4.78 is 0. The first kappa shape index (κ1) is 11.8. The number of carboxylic acid groups (broad SMARTS) is 1. The molecule has 1 unspecified atom stereocenters. The van der Waals surface area contributed by atoms with E-state index < -0.39 is 12.0 Å². The summed E-state index contributed by atoms with van der Waals surface area (Å²) in [5.74, 6) is -1.25. The molecule has 2 N–H and O–H groups in total. The highest BCUT2D eigenvalue weighted by Crippen LogP contribution is 2.25. The maximum absolute atomic E-state index is 10.5. The van der Waals surface area contributed by atoms with Gasteiger partial charge in [0.1, 0.15) is 0 Å². The van der Waals surface area contributed by atoms with Gasteiger partial charge in [0.15, 0.2) is 12.3 Å². The number of halogens is 2. The molecule has 0 aromatic heterocycles. The summed E-state index contributed by atoms with van der Waals surface area (Å²) in [5, 5.41) is 11.7. The third-order valence-corrected chi connectivity index (χ3v) is 2.38. The largest absolute Gasteiger partial charge is 0.479 e. The van der Waals surface area contributed by atoms with Gasteiger partial charge in [0.25, 0.3) is 0 Å². The highest BCUT2D eigenvalue weighted by molar-refractivity contribution is 6.42. The van der Waals surface area contributed by atoms with Crippen LogP contribution in [-0.4, -0.2) is 23.4 Å². The van der Waals surface area contributed by atoms with Gasteiger partial charge in [-0.05, 0) is 18.2 Å². The number of benzene rings is 1. The fourth-order valence-corrected chi connectivity index (χ4v) is 1.22. The molecule has 1 aromatic rings. The van der Waals surface area contributed by atoms with E-state index in [2.05, 4.69) is 5.32 Å². The second-order valence-electron chi connectivity index (χ2n) is 2.73. The van der Waals surface area contributed by atoms with Crippen LogP contribution in [-0.2, 0) is 9.59 Å². The Hall–Kier alpha value is -1.26. The van der Waals surface area contributed by atoms with E-state index in [1.54, 1.807) is 0 Å². The highest BCUT2D eigenvalue weighted by atomic mass is 35.5. The molecular formula is C9H7Cl2NO3. The molecule has 1 rings (SSSR count). The zero-order valence-corrected chi connectivity index (χ0v) is 8.92. The Morgan fingerprint density at radius 1 is 1.40 bits per heavy atom. The SMILES string of the molecule is O=CC(Nc1ccc(Cl)c(Cl)c1)C(=O)O. The molecule has 0 amide bonds. The molecule has 0 heterocycles. The van der Waals surface area contributed by atoms with Crippen molar-refractivity contribution in [3.05, 3.63) is 28.2 Å². The number of aldehydes is 1. The van der Waals surface area contributed by atoms with E-state index in [-0.39, 0.29) is 5.02 Å². The third kappa shape index (κ3) is 3.11. The molecule has 0 aliphatic heterocycles. The van der Waals surface area contributed by atoms with Gasteiger partial charge >= 0.3 is 5.97 Å². The van der Waals surface area contributed by atoms with Crippen molar-refractivity contribution in [2.45, 2.75) is 6.04 Å². The average Bonchev–Trinajstić information content (AvgIpc) is 2.19. The minimum absolute atomic E-state index is 0.289. The lowest BCUT2D eigenvalue weighted by Gasteiger charge is -2.09. The van der Waals surface area contributed by atoms with Gasteiger partial charge in [-0.2, -0.15) is 0 Å². The van der Waals surface area contributed by atoms with Crippen molar-refractivity contribution in [3.8, 4) is 0 Å². The smallest absolute Gasteiger partial charge is 0.333 e. The van der Waals surface area contributed by atoms with Crippen molar-refractivity contribution in [1.82, 2.24) is 0 Å². The number of anilines is 1. The normalized spacial score (nSPS) is 11.9. The van der Waals surface area contributed by atoms with Gasteiger partial charge in [-0.15, -0.1) is 0 Å². The van der Waals surface area contributed by atoms with Crippen molar-refractivity contribution in [2.24, 2.45) is 0 Å². The maximum Gasteiger partial charge on any atom is 0.333 e. The van der Waals surface area contributed by atoms with Gasteiger partial charge in [0.2, 0.25) is 0 Å². The van der Waals surface area contributed by atoms with Gasteiger partial charge in [-0.3, -0.25) is 0 Å². The van der Waals surface area contributed by atoms with E-state index in [9.17, 15) is 9.59 Å². The molecule has 0 fully saturated rings. The summed E-state index contributed by atoms with van der Waals surface area (Å²) in [5.41, 5.74) is 0.420. The molecule has 6 heteroatoms. The van der Waals surface area contributed by atoms with Crippen LogP contribution in [0.4, 0.5) is 5.69 Å². The summed E-state index contributed by atoms with van der Waals surface area (Å²) in [4.78, 5) is 20.9. The Morgan fingerprint density at radius 3 is 2.53 bits per heavy atom. The highest BCUT2D eigenvalue weighted by Gasteiger charge is 2.15. The number of nitrogens with one attached hydrogen (secondary N) is 1. The van der Waals surface area contributed by atoms with Crippen molar-refractivity contribution in [3.63, 3.8) is 0 Å². The molecular weight excluding hydrogens is 241 g/mol. The Labute approximate surface area is 95.8 Å². The lowest BCUT2D eigenvalue weighted by molar-refractivity contribution is -0.139. The minimum atomic E-state index is -1.29. The van der Waals surface area contributed by atoms with Crippen molar-refractivity contribution in [1.29, 1.82) is 0 Å². The predicted octanol–water partition coefficient (Wildman–Crippen LogP) is 2.06. The Balaban J connectivity index is 2.84. The monoisotopic (exact) mass is 247 g/mol. The Morgan fingerprint density at radius 2 is 2.07 bits per heavy atom. The molecule has 0 radical (unpaired) electrons. The molecule has 1 aromatic carbocycles. The van der Waals surface area contributed by atoms with Crippen molar-refractivity contribution >= 4 is 41.1 Å². The number of carbonyl (C=O) groups excluding carboxylic acids is 1. The minimum Gasteiger partial charge on any atom is -0.479 e. The van der Waals surface area contributed by atoms with Crippen LogP contribution in [0.2, 0.25) is 10.0 Å². The summed E-state index contributed by atoms with van der Waals surface area (Å²) in [7, 11) is 0. The van der Waals surface area contributed by atoms with E-state index in [0.717, 1.165) is 0 Å². The van der Waals surface area contributed by atoms with Gasteiger partial charge in [-0.1, -0.05) is 23.2 Å². The number of hydrogen-bond acceptors (Lipinski definition) is 3. The van der Waals surface area contributed by atoms with Crippen molar-refractivity contribution < 1.29 is 14.7 Å². The first-order valence-corrected chi connectivity index (χ1v) is 4.70. The standard InChI is InChI=1S/C9H7Cl2NO3/c10-6-2-1-5(3-7(6)11)12-8(4-13)9(14)15/h1-4,8,12H,(H,14,15). The third-order valence-electron chi connectivity index (χ3n) is 1.64. The van der Waals surface area contributed by atoms with Crippen molar-refractivity contribution in [2.75, 3.05) is 5.32 Å². The van der Waals surface area contributed by atoms with Crippen LogP contribution in [0.25, 0.3) is 0 Å². The molecule has 0 bridgehead atoms. The zero-order chi connectivity index (χ0) is 11.4. The van der Waals surface area contributed by atoms with Crippen LogP contribution in [0.3, 0.4) is 0 Å². The molecule has 0 spiro atoms. The van der Waals surface area contributed by atoms with E-state index in [4.69, 9.17) is 28.3 Å². The molecule has 15 heavy (non-hydrogen) atoms. The number of rotatable bonds is 4. The van der Waals surface area contributed by atoms with Crippen LogP contribution in [0, 0.1) is 0 Å². The predicted molar refractivity (Wildman–Crippen MR) is 57.6 cm³/mol. The molecule has 0 aliphatic carbocycles. The second kappa shape index (κ2) is 5.00. The molecule has 0 saturated carbocycles. The van der Waals surface area contributed by atoms with E-state index >= 15 is 0 Å². The number of aliphatic carboxylic acids is 1. The number of hydrogen-bond donors (Lipinski definition) is 2. The summed E-state index contributed by atoms with van der Waals surface area (Å²) in [6, 6.07) is 3.20. The van der Waals surface area contributed by atoms with Crippen LogP contribution >= 0.6 is 23.2 Å². The first-order chi connectivity index (χ1) is 7.04. The van der Waals surface area contributed by atoms with Crippen LogP contribution < -0.4 is 5.32 Å². The molecule has 4 nitrogen and oxygen atoms in total. The molecule has 80 valence electrons. The van der Waals surface area contributed by atoms with Gasteiger partial charge in [0, 0.05) is 5.69 Å². The van der Waals surface area contributed by atoms with E-state index in [1.807, 2.05) is 0 Å². The van der Waals surface area contributed by atoms with Crippen LogP contribution in [0.1, 0.15) is 0 Å². The zero-order valence-electron chi connectivity index (χ0n) is 7.41. The molecule has 0 saturated heterocycles. The summed E-state index contributed by atoms with van der Waals surface area (Å²) >= 11 is 11.4. The summed E-state index contributed by atoms with van der Waals surface area (Å²) in [6.45, 7) is 0. The average molecular weight is 248 g/mol. The molecule has 0 aliphatic rings. The number of carboxylic acids is 1. The Kier molecular flexibility index (Phi) is 3.94. The van der Waals surface area contributed by atoms with Gasteiger partial charge < -0.3 is 15.2 Å². The summed E-state index contributed by atoms with van der Waals surface area (Å²) in [6.07, 6.45) is 0.296. The molecule has 1 atom stereocenters. The maximum atomic E-state index is 10.5.